The lowest BCUT2D eigenvalue weighted by atomic mass is 10.3. The van der Waals surface area contributed by atoms with Crippen LogP contribution in [0.25, 0.3) is 0 Å². The second kappa shape index (κ2) is 8.14. The van der Waals surface area contributed by atoms with Crippen LogP contribution >= 0.6 is 27.5 Å². The summed E-state index contributed by atoms with van der Waals surface area (Å²) in [4.78, 5) is 13.9. The Morgan fingerprint density at radius 1 is 1.29 bits per heavy atom. The number of halogens is 2. The molecule has 9 heteroatoms. The number of sulfonamides is 1. The first kappa shape index (κ1) is 19.7. The molecule has 0 bridgehead atoms. The van der Waals surface area contributed by atoms with E-state index in [0.717, 1.165) is 4.47 Å². The van der Waals surface area contributed by atoms with E-state index in [1.165, 1.54) is 10.4 Å². The van der Waals surface area contributed by atoms with Gasteiger partial charge in [0.2, 0.25) is 15.9 Å². The van der Waals surface area contributed by atoms with Crippen LogP contribution in [-0.4, -0.2) is 62.3 Å². The molecule has 0 saturated carbocycles. The maximum Gasteiger partial charge on any atom is 0.244 e. The van der Waals surface area contributed by atoms with Crippen molar-refractivity contribution in [2.45, 2.75) is 24.8 Å². The van der Waals surface area contributed by atoms with Crippen LogP contribution < -0.4 is 5.32 Å². The summed E-state index contributed by atoms with van der Waals surface area (Å²) in [5.41, 5.74) is 0. The van der Waals surface area contributed by atoms with Gasteiger partial charge >= 0.3 is 0 Å². The van der Waals surface area contributed by atoms with E-state index < -0.39 is 10.0 Å². The van der Waals surface area contributed by atoms with Crippen molar-refractivity contribution in [3.8, 4) is 0 Å². The van der Waals surface area contributed by atoms with E-state index in [1.54, 1.807) is 12.1 Å². The normalized spacial score (nSPS) is 17.2. The number of benzene rings is 1. The molecule has 134 valence electrons. The van der Waals surface area contributed by atoms with Crippen molar-refractivity contribution in [1.29, 1.82) is 0 Å². The number of hydrogen-bond donors (Lipinski definition) is 1. The van der Waals surface area contributed by atoms with Crippen molar-refractivity contribution < 1.29 is 13.2 Å². The number of amides is 1. The molecule has 1 heterocycles. The van der Waals surface area contributed by atoms with Crippen LogP contribution in [-0.2, 0) is 14.8 Å². The molecule has 24 heavy (non-hydrogen) atoms. The van der Waals surface area contributed by atoms with Gasteiger partial charge in [0.05, 0.1) is 11.6 Å². The highest BCUT2D eigenvalue weighted by molar-refractivity contribution is 9.10. The number of nitrogens with zero attached hydrogens (tertiary/aromatic N) is 2. The van der Waals surface area contributed by atoms with E-state index in [2.05, 4.69) is 21.2 Å². The molecule has 0 aromatic heterocycles. The lowest BCUT2D eigenvalue weighted by Gasteiger charge is -2.33. The molecule has 2 rings (SSSR count). The summed E-state index contributed by atoms with van der Waals surface area (Å²) < 4.78 is 27.6. The van der Waals surface area contributed by atoms with Gasteiger partial charge in [-0.3, -0.25) is 9.69 Å². The molecule has 0 unspecified atom stereocenters. The fourth-order valence-corrected chi connectivity index (χ4v) is 4.96. The van der Waals surface area contributed by atoms with E-state index in [4.69, 9.17) is 11.6 Å². The van der Waals surface area contributed by atoms with E-state index >= 15 is 0 Å². The molecule has 1 saturated heterocycles. The number of nitrogens with one attached hydrogen (secondary N) is 1. The zero-order valence-electron chi connectivity index (χ0n) is 13.6. The SMILES string of the molecule is CC(C)NC(=O)CN1CCN(S(=O)(=O)c2ccc(Br)cc2Cl)CC1. The summed E-state index contributed by atoms with van der Waals surface area (Å²) in [5, 5.41) is 3.03. The van der Waals surface area contributed by atoms with Gasteiger partial charge in [-0.05, 0) is 32.0 Å². The Morgan fingerprint density at radius 2 is 1.92 bits per heavy atom. The summed E-state index contributed by atoms with van der Waals surface area (Å²) in [7, 11) is -3.63. The second-order valence-corrected chi connectivity index (χ2v) is 9.21. The van der Waals surface area contributed by atoms with Crippen LogP contribution in [0.15, 0.2) is 27.6 Å². The smallest absolute Gasteiger partial charge is 0.244 e. The van der Waals surface area contributed by atoms with E-state index in [-0.39, 0.29) is 28.4 Å². The van der Waals surface area contributed by atoms with Gasteiger partial charge in [-0.1, -0.05) is 27.5 Å². The highest BCUT2D eigenvalue weighted by atomic mass is 79.9. The number of piperazine rings is 1. The summed E-state index contributed by atoms with van der Waals surface area (Å²) >= 11 is 9.35. The Bertz CT molecular complexity index is 704. The first-order valence-corrected chi connectivity index (χ1v) is 10.3. The number of carbonyl (C=O) groups excluding carboxylic acids is 1. The number of hydrogen-bond acceptors (Lipinski definition) is 4. The van der Waals surface area contributed by atoms with E-state index in [9.17, 15) is 13.2 Å². The Labute approximate surface area is 156 Å². The molecule has 0 aliphatic carbocycles. The molecular formula is C15H21BrClN3O3S. The van der Waals surface area contributed by atoms with Crippen LogP contribution in [0, 0.1) is 0 Å². The minimum Gasteiger partial charge on any atom is -0.353 e. The molecule has 1 aromatic carbocycles. The number of carbonyl (C=O) groups is 1. The van der Waals surface area contributed by atoms with Gasteiger partial charge < -0.3 is 5.32 Å². The largest absolute Gasteiger partial charge is 0.353 e. The summed E-state index contributed by atoms with van der Waals surface area (Å²) in [6.45, 7) is 5.80. The van der Waals surface area contributed by atoms with Crippen LogP contribution in [0.4, 0.5) is 0 Å². The van der Waals surface area contributed by atoms with Crippen molar-refractivity contribution in [2.75, 3.05) is 32.7 Å². The molecule has 1 amide bonds. The van der Waals surface area contributed by atoms with Crippen LogP contribution in [0.5, 0.6) is 0 Å². The summed E-state index contributed by atoms with van der Waals surface area (Å²) in [5.74, 6) is -0.0442. The third-order valence-corrected chi connectivity index (χ3v) is 6.53. The fourth-order valence-electron chi connectivity index (χ4n) is 2.52. The van der Waals surface area contributed by atoms with Crippen molar-refractivity contribution in [3.05, 3.63) is 27.7 Å². The first-order valence-electron chi connectivity index (χ1n) is 7.67. The summed E-state index contributed by atoms with van der Waals surface area (Å²) in [6, 6.07) is 4.83. The van der Waals surface area contributed by atoms with Gasteiger partial charge in [-0.2, -0.15) is 4.31 Å². The van der Waals surface area contributed by atoms with Crippen molar-refractivity contribution in [2.24, 2.45) is 0 Å². The van der Waals surface area contributed by atoms with Gasteiger partial charge in [0.25, 0.3) is 0 Å². The Balaban J connectivity index is 1.99. The predicted molar refractivity (Wildman–Crippen MR) is 97.6 cm³/mol. The molecule has 1 N–H and O–H groups in total. The minimum absolute atomic E-state index is 0.0442. The molecule has 1 aliphatic rings. The summed E-state index contributed by atoms with van der Waals surface area (Å²) in [6.07, 6.45) is 0. The van der Waals surface area contributed by atoms with E-state index in [1.807, 2.05) is 18.7 Å². The zero-order chi connectivity index (χ0) is 17.9. The highest BCUT2D eigenvalue weighted by Crippen LogP contribution is 2.28. The molecule has 0 spiro atoms. The van der Waals surface area contributed by atoms with Gasteiger partial charge in [-0.15, -0.1) is 0 Å². The lowest BCUT2D eigenvalue weighted by Crippen LogP contribution is -2.51. The Kier molecular flexibility index (Phi) is 6.66. The molecule has 0 atom stereocenters. The molecule has 1 aromatic rings. The average molecular weight is 439 g/mol. The molecule has 6 nitrogen and oxygen atoms in total. The quantitative estimate of drug-likeness (QED) is 0.763. The monoisotopic (exact) mass is 437 g/mol. The van der Waals surface area contributed by atoms with Gasteiger partial charge in [0.15, 0.2) is 0 Å². The van der Waals surface area contributed by atoms with Gasteiger partial charge in [0, 0.05) is 36.7 Å². The van der Waals surface area contributed by atoms with Crippen molar-refractivity contribution >= 4 is 43.5 Å². The van der Waals surface area contributed by atoms with Crippen molar-refractivity contribution in [1.82, 2.24) is 14.5 Å². The first-order chi connectivity index (χ1) is 11.2. The van der Waals surface area contributed by atoms with Gasteiger partial charge in [0.1, 0.15) is 4.90 Å². The predicted octanol–water partition coefficient (Wildman–Crippen LogP) is 1.93. The minimum atomic E-state index is -3.63. The fraction of sp³-hybridized carbons (Fsp3) is 0.533. The third-order valence-electron chi connectivity index (χ3n) is 3.66. The standard InChI is InChI=1S/C15H21BrClN3O3S/c1-11(2)18-15(21)10-19-5-7-20(8-6-19)24(22,23)14-4-3-12(16)9-13(14)17/h3-4,9,11H,5-8,10H2,1-2H3,(H,18,21). The van der Waals surface area contributed by atoms with Crippen LogP contribution in [0.3, 0.4) is 0 Å². The van der Waals surface area contributed by atoms with E-state index in [0.29, 0.717) is 26.2 Å². The molecule has 0 radical (unpaired) electrons. The van der Waals surface area contributed by atoms with Crippen LogP contribution in [0.2, 0.25) is 5.02 Å². The molecule has 1 aliphatic heterocycles. The van der Waals surface area contributed by atoms with Crippen molar-refractivity contribution in [3.63, 3.8) is 0 Å². The lowest BCUT2D eigenvalue weighted by molar-refractivity contribution is -0.123. The molecular weight excluding hydrogens is 418 g/mol. The average Bonchev–Trinajstić information content (AvgIpc) is 2.46. The third kappa shape index (κ3) is 4.92. The second-order valence-electron chi connectivity index (χ2n) is 5.98. The highest BCUT2D eigenvalue weighted by Gasteiger charge is 2.30. The Morgan fingerprint density at radius 3 is 2.46 bits per heavy atom. The Hall–Kier alpha value is -0.670. The van der Waals surface area contributed by atoms with Gasteiger partial charge in [-0.25, -0.2) is 8.42 Å². The van der Waals surface area contributed by atoms with Crippen LogP contribution in [0.1, 0.15) is 13.8 Å². The maximum absolute atomic E-state index is 12.7. The molecule has 1 fully saturated rings. The maximum atomic E-state index is 12.7. The zero-order valence-corrected chi connectivity index (χ0v) is 16.8. The number of rotatable bonds is 5. The topological polar surface area (TPSA) is 69.7 Å².